The molecule has 1 fully saturated rings. The fourth-order valence-corrected chi connectivity index (χ4v) is 1.67. The van der Waals surface area contributed by atoms with Crippen molar-refractivity contribution in [2.75, 3.05) is 33.3 Å². The summed E-state index contributed by atoms with van der Waals surface area (Å²) in [5.41, 5.74) is 2.55. The predicted molar refractivity (Wildman–Crippen MR) is 72.9 cm³/mol. The van der Waals surface area contributed by atoms with Crippen LogP contribution >= 0.6 is 0 Å². The van der Waals surface area contributed by atoms with Crippen molar-refractivity contribution in [3.63, 3.8) is 0 Å². The number of allylic oxidation sites excluding steroid dienone is 1. The molecule has 0 bridgehead atoms. The Kier molecular flexibility index (Phi) is 5.58. The van der Waals surface area contributed by atoms with E-state index in [-0.39, 0.29) is 6.09 Å². The van der Waals surface area contributed by atoms with Gasteiger partial charge < -0.3 is 15.0 Å². The fraction of sp³-hybridized carbons (Fsp3) is 0.538. The van der Waals surface area contributed by atoms with Crippen LogP contribution in [0.15, 0.2) is 29.4 Å². The van der Waals surface area contributed by atoms with Crippen molar-refractivity contribution in [2.24, 2.45) is 4.99 Å². The highest BCUT2D eigenvalue weighted by Gasteiger charge is 2.23. The third-order valence-electron chi connectivity index (χ3n) is 2.57. The van der Waals surface area contributed by atoms with Crippen molar-refractivity contribution in [1.82, 2.24) is 10.2 Å². The van der Waals surface area contributed by atoms with Gasteiger partial charge in [-0.2, -0.15) is 0 Å². The first-order valence-electron chi connectivity index (χ1n) is 6.02. The summed E-state index contributed by atoms with van der Waals surface area (Å²) in [7, 11) is 1.82. The normalized spacial score (nSPS) is 18.0. The Bertz CT molecular complexity index is 374. The van der Waals surface area contributed by atoms with Gasteiger partial charge in [0.2, 0.25) is 0 Å². The lowest BCUT2D eigenvalue weighted by atomic mass is 10.0. The first-order chi connectivity index (χ1) is 8.54. The number of carbonyl (C=O) groups excluding carboxylic acids is 1. The highest BCUT2D eigenvalue weighted by Crippen LogP contribution is 2.14. The molecule has 0 spiro atoms. The molecule has 0 aromatic rings. The Morgan fingerprint density at radius 2 is 2.33 bits per heavy atom. The topological polar surface area (TPSA) is 53.9 Å². The quantitative estimate of drug-likeness (QED) is 0.772. The Balaban J connectivity index is 2.48. The smallest absolute Gasteiger partial charge is 0.410 e. The summed E-state index contributed by atoms with van der Waals surface area (Å²) in [4.78, 5) is 17.7. The lowest BCUT2D eigenvalue weighted by Gasteiger charge is -2.28. The van der Waals surface area contributed by atoms with Gasteiger partial charge in [0.05, 0.1) is 6.54 Å². The van der Waals surface area contributed by atoms with Crippen molar-refractivity contribution in [3.05, 3.63) is 24.4 Å². The van der Waals surface area contributed by atoms with Crippen LogP contribution in [-0.4, -0.2) is 50.0 Å². The summed E-state index contributed by atoms with van der Waals surface area (Å²) in [5.74, 6) is 0. The SMILES string of the molecule is C=C(C)N=C1CCN(C(=O)OCCNC)CC1=C. The van der Waals surface area contributed by atoms with E-state index in [0.717, 1.165) is 17.0 Å². The van der Waals surface area contributed by atoms with Crippen molar-refractivity contribution >= 4 is 11.8 Å². The summed E-state index contributed by atoms with van der Waals surface area (Å²) in [6.07, 6.45) is 0.410. The van der Waals surface area contributed by atoms with E-state index in [1.807, 2.05) is 14.0 Å². The molecule has 5 nitrogen and oxygen atoms in total. The van der Waals surface area contributed by atoms with Crippen LogP contribution in [0.3, 0.4) is 0 Å². The highest BCUT2D eigenvalue weighted by atomic mass is 16.6. The predicted octanol–water partition coefficient (Wildman–Crippen LogP) is 1.58. The van der Waals surface area contributed by atoms with Crippen LogP contribution in [0.5, 0.6) is 0 Å². The molecule has 18 heavy (non-hydrogen) atoms. The van der Waals surface area contributed by atoms with E-state index < -0.39 is 0 Å². The molecule has 100 valence electrons. The maximum atomic E-state index is 11.7. The van der Waals surface area contributed by atoms with E-state index in [1.165, 1.54) is 0 Å². The molecule has 0 radical (unpaired) electrons. The molecule has 0 aromatic carbocycles. The van der Waals surface area contributed by atoms with E-state index in [0.29, 0.717) is 32.7 Å². The molecule has 5 heteroatoms. The summed E-state index contributed by atoms with van der Waals surface area (Å²) in [6.45, 7) is 11.7. The summed E-state index contributed by atoms with van der Waals surface area (Å²) in [6, 6.07) is 0. The standard InChI is InChI=1S/C13H21N3O2/c1-10(2)15-12-5-7-16(9-11(12)3)13(17)18-8-6-14-4/h14H,1,3,5-9H2,2,4H3. The Hall–Kier alpha value is -1.62. The molecule has 1 aliphatic heterocycles. The van der Waals surface area contributed by atoms with E-state index in [4.69, 9.17) is 4.74 Å². The van der Waals surface area contributed by atoms with Gasteiger partial charge in [-0.25, -0.2) is 4.79 Å². The molecule has 1 rings (SSSR count). The maximum absolute atomic E-state index is 11.7. The molecule has 0 aromatic heterocycles. The lowest BCUT2D eigenvalue weighted by molar-refractivity contribution is 0.107. The average Bonchev–Trinajstić information content (AvgIpc) is 2.31. The summed E-state index contributed by atoms with van der Waals surface area (Å²) in [5, 5.41) is 2.92. The number of rotatable bonds is 4. The van der Waals surface area contributed by atoms with Gasteiger partial charge in [0.1, 0.15) is 6.61 Å². The second-order valence-corrected chi connectivity index (χ2v) is 4.29. The molecule has 1 heterocycles. The van der Waals surface area contributed by atoms with Gasteiger partial charge in [-0.1, -0.05) is 13.2 Å². The molecule has 1 aliphatic rings. The minimum atomic E-state index is -0.291. The minimum Gasteiger partial charge on any atom is -0.448 e. The molecule has 0 atom stereocenters. The van der Waals surface area contributed by atoms with Crippen LogP contribution in [0, 0.1) is 0 Å². The molecule has 1 N–H and O–H groups in total. The Morgan fingerprint density at radius 1 is 1.61 bits per heavy atom. The lowest BCUT2D eigenvalue weighted by Crippen LogP contribution is -2.40. The van der Waals surface area contributed by atoms with Crippen LogP contribution in [0.1, 0.15) is 13.3 Å². The number of amides is 1. The second kappa shape index (κ2) is 6.96. The van der Waals surface area contributed by atoms with E-state index >= 15 is 0 Å². The van der Waals surface area contributed by atoms with Gasteiger partial charge in [-0.15, -0.1) is 0 Å². The average molecular weight is 251 g/mol. The fourth-order valence-electron chi connectivity index (χ4n) is 1.67. The number of likely N-dealkylation sites (tertiary alicyclic amines) is 1. The summed E-state index contributed by atoms with van der Waals surface area (Å²) >= 11 is 0. The van der Waals surface area contributed by atoms with E-state index in [2.05, 4.69) is 23.5 Å². The van der Waals surface area contributed by atoms with Crippen LogP contribution in [0.4, 0.5) is 4.79 Å². The molecule has 0 unspecified atom stereocenters. The van der Waals surface area contributed by atoms with Crippen molar-refractivity contribution in [1.29, 1.82) is 0 Å². The number of hydrogen-bond acceptors (Lipinski definition) is 4. The third kappa shape index (κ3) is 4.33. The number of nitrogens with zero attached hydrogens (tertiary/aromatic N) is 2. The van der Waals surface area contributed by atoms with Gasteiger partial charge in [-0.05, 0) is 19.5 Å². The molecule has 1 saturated heterocycles. The zero-order chi connectivity index (χ0) is 13.5. The van der Waals surface area contributed by atoms with Crippen LogP contribution in [0.25, 0.3) is 0 Å². The van der Waals surface area contributed by atoms with Crippen LogP contribution in [-0.2, 0) is 4.74 Å². The highest BCUT2D eigenvalue weighted by molar-refractivity contribution is 6.02. The first kappa shape index (κ1) is 14.4. The number of aliphatic imine (C=N–C) groups is 1. The van der Waals surface area contributed by atoms with Crippen LogP contribution < -0.4 is 5.32 Å². The summed E-state index contributed by atoms with van der Waals surface area (Å²) < 4.78 is 5.11. The van der Waals surface area contributed by atoms with Gasteiger partial charge in [0, 0.05) is 30.9 Å². The van der Waals surface area contributed by atoms with Gasteiger partial charge in [0.15, 0.2) is 0 Å². The van der Waals surface area contributed by atoms with Crippen molar-refractivity contribution < 1.29 is 9.53 Å². The van der Waals surface area contributed by atoms with E-state index in [1.54, 1.807) is 4.90 Å². The first-order valence-corrected chi connectivity index (χ1v) is 6.02. The second-order valence-electron chi connectivity index (χ2n) is 4.29. The number of hydrogen-bond donors (Lipinski definition) is 1. The number of carbonyl (C=O) groups is 1. The van der Waals surface area contributed by atoms with Gasteiger partial charge in [-0.3, -0.25) is 4.99 Å². The third-order valence-corrected chi connectivity index (χ3v) is 2.57. The number of ether oxygens (including phenoxy) is 1. The molecule has 0 aliphatic carbocycles. The maximum Gasteiger partial charge on any atom is 0.410 e. The zero-order valence-corrected chi connectivity index (χ0v) is 11.2. The number of likely N-dealkylation sites (N-methyl/N-ethyl adjacent to an activating group) is 1. The van der Waals surface area contributed by atoms with Crippen molar-refractivity contribution in [2.45, 2.75) is 13.3 Å². The largest absolute Gasteiger partial charge is 0.448 e. The number of nitrogens with one attached hydrogen (secondary N) is 1. The van der Waals surface area contributed by atoms with Crippen molar-refractivity contribution in [3.8, 4) is 0 Å². The van der Waals surface area contributed by atoms with Gasteiger partial charge in [0.25, 0.3) is 0 Å². The molecular formula is C13H21N3O2. The minimum absolute atomic E-state index is 0.291. The van der Waals surface area contributed by atoms with E-state index in [9.17, 15) is 4.79 Å². The number of piperidine rings is 1. The Labute approximate surface area is 108 Å². The molecular weight excluding hydrogens is 230 g/mol. The van der Waals surface area contributed by atoms with Gasteiger partial charge >= 0.3 is 6.09 Å². The zero-order valence-electron chi connectivity index (χ0n) is 11.2. The molecule has 0 saturated carbocycles. The Morgan fingerprint density at radius 3 is 2.89 bits per heavy atom. The monoisotopic (exact) mass is 251 g/mol. The molecule has 1 amide bonds. The van der Waals surface area contributed by atoms with Crippen LogP contribution in [0.2, 0.25) is 0 Å².